The molecule has 25 heavy (non-hydrogen) atoms. The SMILES string of the molecule is CCC1(CC)NC(=O)N(CC(=O)Nc2ccc(NC(C)=O)cc2)C1=O. The number of carbonyl (C=O) groups is 4. The van der Waals surface area contributed by atoms with Gasteiger partial charge in [0, 0.05) is 18.3 Å². The van der Waals surface area contributed by atoms with E-state index in [2.05, 4.69) is 16.0 Å². The summed E-state index contributed by atoms with van der Waals surface area (Å²) in [7, 11) is 0. The van der Waals surface area contributed by atoms with Gasteiger partial charge in [-0.2, -0.15) is 0 Å². The molecule has 2 rings (SSSR count). The first-order valence-corrected chi connectivity index (χ1v) is 8.13. The van der Waals surface area contributed by atoms with Gasteiger partial charge in [0.1, 0.15) is 12.1 Å². The Labute approximate surface area is 145 Å². The van der Waals surface area contributed by atoms with Crippen molar-refractivity contribution in [1.82, 2.24) is 10.2 Å². The standard InChI is InChI=1S/C17H22N4O4/c1-4-17(5-2)15(24)21(16(25)20-17)10-14(23)19-13-8-6-12(7-9-13)18-11(3)22/h6-9H,4-5,10H2,1-3H3,(H,18,22)(H,19,23)(H,20,25). The molecule has 1 heterocycles. The van der Waals surface area contributed by atoms with Gasteiger partial charge < -0.3 is 16.0 Å². The Morgan fingerprint density at radius 3 is 2.00 bits per heavy atom. The van der Waals surface area contributed by atoms with E-state index in [4.69, 9.17) is 0 Å². The molecule has 8 heteroatoms. The molecule has 8 nitrogen and oxygen atoms in total. The van der Waals surface area contributed by atoms with Crippen LogP contribution in [0.15, 0.2) is 24.3 Å². The number of nitrogens with zero attached hydrogens (tertiary/aromatic N) is 1. The molecule has 0 aromatic heterocycles. The van der Waals surface area contributed by atoms with Gasteiger partial charge in [-0.15, -0.1) is 0 Å². The maximum absolute atomic E-state index is 12.5. The van der Waals surface area contributed by atoms with Crippen molar-refractivity contribution >= 4 is 35.1 Å². The molecule has 1 aromatic carbocycles. The van der Waals surface area contributed by atoms with Crippen LogP contribution in [0.3, 0.4) is 0 Å². The van der Waals surface area contributed by atoms with E-state index in [1.54, 1.807) is 24.3 Å². The lowest BCUT2D eigenvalue weighted by molar-refractivity contribution is -0.134. The second-order valence-electron chi connectivity index (χ2n) is 5.92. The lowest BCUT2D eigenvalue weighted by atomic mass is 9.93. The maximum Gasteiger partial charge on any atom is 0.325 e. The first-order valence-electron chi connectivity index (χ1n) is 8.13. The highest BCUT2D eigenvalue weighted by molar-refractivity contribution is 6.10. The smallest absolute Gasteiger partial charge is 0.325 e. The molecule has 0 atom stereocenters. The van der Waals surface area contributed by atoms with Crippen molar-refractivity contribution in [2.75, 3.05) is 17.2 Å². The normalized spacial score (nSPS) is 15.7. The molecular weight excluding hydrogens is 324 g/mol. The summed E-state index contributed by atoms with van der Waals surface area (Å²) in [5.41, 5.74) is 0.191. The maximum atomic E-state index is 12.5. The summed E-state index contributed by atoms with van der Waals surface area (Å²) >= 11 is 0. The fourth-order valence-electron chi connectivity index (χ4n) is 2.73. The first kappa shape index (κ1) is 18.4. The highest BCUT2D eigenvalue weighted by Gasteiger charge is 2.49. The van der Waals surface area contributed by atoms with Crippen LogP contribution < -0.4 is 16.0 Å². The minimum atomic E-state index is -0.919. The van der Waals surface area contributed by atoms with Gasteiger partial charge in [0.25, 0.3) is 5.91 Å². The van der Waals surface area contributed by atoms with Crippen LogP contribution in [0, 0.1) is 0 Å². The first-order chi connectivity index (χ1) is 11.8. The Balaban J connectivity index is 1.99. The molecule has 0 radical (unpaired) electrons. The van der Waals surface area contributed by atoms with Crippen molar-refractivity contribution in [3.8, 4) is 0 Å². The number of amides is 5. The van der Waals surface area contributed by atoms with Crippen molar-refractivity contribution in [1.29, 1.82) is 0 Å². The van der Waals surface area contributed by atoms with E-state index in [-0.39, 0.29) is 18.4 Å². The van der Waals surface area contributed by atoms with Crippen LogP contribution in [0.4, 0.5) is 16.2 Å². The van der Waals surface area contributed by atoms with Crippen LogP contribution in [0.1, 0.15) is 33.6 Å². The van der Waals surface area contributed by atoms with Gasteiger partial charge in [0.2, 0.25) is 11.8 Å². The minimum Gasteiger partial charge on any atom is -0.326 e. The Hall–Kier alpha value is -2.90. The molecular formula is C17H22N4O4. The third-order valence-corrected chi connectivity index (χ3v) is 4.24. The van der Waals surface area contributed by atoms with Gasteiger partial charge in [-0.1, -0.05) is 13.8 Å². The number of anilines is 2. The zero-order chi connectivity index (χ0) is 18.6. The van der Waals surface area contributed by atoms with Crippen LogP contribution in [-0.2, 0) is 14.4 Å². The average Bonchev–Trinajstić information content (AvgIpc) is 2.81. The highest BCUT2D eigenvalue weighted by Crippen LogP contribution is 2.24. The molecule has 1 aliphatic rings. The van der Waals surface area contributed by atoms with Gasteiger partial charge in [-0.3, -0.25) is 19.3 Å². The van der Waals surface area contributed by atoms with E-state index >= 15 is 0 Å². The summed E-state index contributed by atoms with van der Waals surface area (Å²) in [5, 5.41) is 7.93. The Bertz CT molecular complexity index is 695. The molecule has 1 aromatic rings. The molecule has 0 aliphatic carbocycles. The number of nitrogens with one attached hydrogen (secondary N) is 3. The number of urea groups is 1. The topological polar surface area (TPSA) is 108 Å². The summed E-state index contributed by atoms with van der Waals surface area (Å²) < 4.78 is 0. The largest absolute Gasteiger partial charge is 0.326 e. The van der Waals surface area contributed by atoms with E-state index in [0.717, 1.165) is 4.90 Å². The molecule has 1 aliphatic heterocycles. The fraction of sp³-hybridized carbons (Fsp3) is 0.412. The second-order valence-corrected chi connectivity index (χ2v) is 5.92. The van der Waals surface area contributed by atoms with E-state index in [0.29, 0.717) is 24.2 Å². The van der Waals surface area contributed by atoms with E-state index in [1.807, 2.05) is 13.8 Å². The van der Waals surface area contributed by atoms with Crippen LogP contribution in [0.2, 0.25) is 0 Å². The second kappa shape index (κ2) is 7.33. The number of rotatable bonds is 6. The number of imide groups is 1. The number of hydrogen-bond donors (Lipinski definition) is 3. The Morgan fingerprint density at radius 2 is 1.56 bits per heavy atom. The summed E-state index contributed by atoms with van der Waals surface area (Å²) in [6.45, 7) is 4.70. The van der Waals surface area contributed by atoms with Crippen LogP contribution >= 0.6 is 0 Å². The third-order valence-electron chi connectivity index (χ3n) is 4.24. The van der Waals surface area contributed by atoms with Crippen LogP contribution in [0.5, 0.6) is 0 Å². The summed E-state index contributed by atoms with van der Waals surface area (Å²) in [6, 6.07) is 5.98. The van der Waals surface area contributed by atoms with E-state index < -0.39 is 17.5 Å². The number of benzene rings is 1. The van der Waals surface area contributed by atoms with Gasteiger partial charge in [-0.05, 0) is 37.1 Å². The van der Waals surface area contributed by atoms with Gasteiger partial charge in [0.15, 0.2) is 0 Å². The minimum absolute atomic E-state index is 0.189. The fourth-order valence-corrected chi connectivity index (χ4v) is 2.73. The van der Waals surface area contributed by atoms with E-state index in [9.17, 15) is 19.2 Å². The summed E-state index contributed by atoms with van der Waals surface area (Å²) in [6.07, 6.45) is 0.938. The lowest BCUT2D eigenvalue weighted by Crippen LogP contribution is -2.46. The van der Waals surface area contributed by atoms with Gasteiger partial charge in [0.05, 0.1) is 0 Å². The molecule has 1 saturated heterocycles. The van der Waals surface area contributed by atoms with Crippen molar-refractivity contribution in [2.24, 2.45) is 0 Å². The molecule has 5 amide bonds. The van der Waals surface area contributed by atoms with E-state index in [1.165, 1.54) is 6.92 Å². The van der Waals surface area contributed by atoms with Gasteiger partial charge in [-0.25, -0.2) is 4.79 Å². The predicted octanol–water partition coefficient (Wildman–Crippen LogP) is 1.69. The molecule has 0 saturated carbocycles. The molecule has 134 valence electrons. The molecule has 1 fully saturated rings. The molecule has 0 bridgehead atoms. The highest BCUT2D eigenvalue weighted by atomic mass is 16.2. The summed E-state index contributed by atoms with van der Waals surface area (Å²) in [5.74, 6) is -1.04. The number of hydrogen-bond acceptors (Lipinski definition) is 4. The molecule has 0 unspecified atom stereocenters. The zero-order valence-corrected chi connectivity index (χ0v) is 14.5. The number of carbonyl (C=O) groups excluding carboxylic acids is 4. The Morgan fingerprint density at radius 1 is 1.04 bits per heavy atom. The summed E-state index contributed by atoms with van der Waals surface area (Å²) in [4.78, 5) is 48.6. The van der Waals surface area contributed by atoms with Gasteiger partial charge >= 0.3 is 6.03 Å². The van der Waals surface area contributed by atoms with Crippen molar-refractivity contribution in [3.63, 3.8) is 0 Å². The quantitative estimate of drug-likeness (QED) is 0.681. The Kier molecular flexibility index (Phi) is 5.41. The molecule has 0 spiro atoms. The zero-order valence-electron chi connectivity index (χ0n) is 14.5. The lowest BCUT2D eigenvalue weighted by Gasteiger charge is -2.23. The molecule has 3 N–H and O–H groups in total. The average molecular weight is 346 g/mol. The van der Waals surface area contributed by atoms with Crippen molar-refractivity contribution < 1.29 is 19.2 Å². The van der Waals surface area contributed by atoms with Crippen LogP contribution in [-0.4, -0.2) is 40.7 Å². The van der Waals surface area contributed by atoms with Crippen molar-refractivity contribution in [3.05, 3.63) is 24.3 Å². The monoisotopic (exact) mass is 346 g/mol. The van der Waals surface area contributed by atoms with Crippen molar-refractivity contribution in [2.45, 2.75) is 39.2 Å². The van der Waals surface area contributed by atoms with Crippen LogP contribution in [0.25, 0.3) is 0 Å². The third kappa shape index (κ3) is 3.96. The predicted molar refractivity (Wildman–Crippen MR) is 92.9 cm³/mol.